The molecule has 0 aliphatic rings. The van der Waals surface area contributed by atoms with Crippen molar-refractivity contribution in [3.8, 4) is 0 Å². The summed E-state index contributed by atoms with van der Waals surface area (Å²) in [5, 5.41) is 3.92. The molecular formula is C18H16N2O4S. The number of benzene rings is 1. The average molecular weight is 356 g/mol. The Bertz CT molecular complexity index is 866. The van der Waals surface area contributed by atoms with Crippen LogP contribution in [0.1, 0.15) is 11.5 Å². The molecule has 0 radical (unpaired) electrons. The molecule has 0 saturated carbocycles. The van der Waals surface area contributed by atoms with Crippen molar-refractivity contribution in [3.63, 3.8) is 0 Å². The van der Waals surface area contributed by atoms with Crippen molar-refractivity contribution < 1.29 is 18.7 Å². The second kappa shape index (κ2) is 7.76. The number of esters is 1. The molecule has 0 saturated heterocycles. The molecule has 0 spiro atoms. The molecule has 2 aromatic heterocycles. The van der Waals surface area contributed by atoms with Crippen LogP contribution in [0.25, 0.3) is 17.2 Å². The molecule has 0 bridgehead atoms. The molecule has 2 heterocycles. The van der Waals surface area contributed by atoms with Crippen LogP contribution in [-0.2, 0) is 20.9 Å². The van der Waals surface area contributed by atoms with E-state index in [-0.39, 0.29) is 12.5 Å². The lowest BCUT2D eigenvalue weighted by molar-refractivity contribution is -0.147. The lowest BCUT2D eigenvalue weighted by atomic mass is 10.3. The van der Waals surface area contributed by atoms with E-state index in [4.69, 9.17) is 9.15 Å². The van der Waals surface area contributed by atoms with E-state index < -0.39 is 5.97 Å². The van der Waals surface area contributed by atoms with Crippen LogP contribution >= 0.6 is 11.3 Å². The number of rotatable bonds is 6. The maximum atomic E-state index is 12.0. The lowest BCUT2D eigenvalue weighted by Gasteiger charge is -2.15. The number of hydrogen-bond acceptors (Lipinski definition) is 6. The molecule has 25 heavy (non-hydrogen) atoms. The Morgan fingerprint density at radius 2 is 2.16 bits per heavy atom. The minimum Gasteiger partial charge on any atom is -0.452 e. The number of para-hydroxylation sites is 2. The molecule has 0 atom stereocenters. The molecule has 3 rings (SSSR count). The largest absolute Gasteiger partial charge is 0.452 e. The fraction of sp³-hybridized carbons (Fsp3) is 0.167. The van der Waals surface area contributed by atoms with E-state index in [0.29, 0.717) is 23.5 Å². The summed E-state index contributed by atoms with van der Waals surface area (Å²) in [4.78, 5) is 29.4. The van der Waals surface area contributed by atoms with Crippen LogP contribution in [0, 0.1) is 0 Å². The number of oxazole rings is 1. The monoisotopic (exact) mass is 356 g/mol. The van der Waals surface area contributed by atoms with E-state index >= 15 is 0 Å². The van der Waals surface area contributed by atoms with Crippen molar-refractivity contribution >= 4 is 40.4 Å². The van der Waals surface area contributed by atoms with Gasteiger partial charge in [-0.25, -0.2) is 9.78 Å². The SMILES string of the molecule is CN(Cc1ccsc1)C(=O)COC(=O)/C=C/c1nc2ccccc2o1. The van der Waals surface area contributed by atoms with Gasteiger partial charge >= 0.3 is 5.97 Å². The minimum absolute atomic E-state index is 0.269. The number of ether oxygens (including phenoxy) is 1. The average Bonchev–Trinajstić information content (AvgIpc) is 3.26. The molecule has 0 aliphatic heterocycles. The third-order valence-electron chi connectivity index (χ3n) is 3.44. The molecule has 0 aliphatic carbocycles. The standard InChI is InChI=1S/C18H16N2O4S/c1-20(10-13-8-9-25-12-13)17(21)11-23-18(22)7-6-16-19-14-4-2-3-5-15(14)24-16/h2-9,12H,10-11H2,1H3/b7-6+. The van der Waals surface area contributed by atoms with E-state index in [1.54, 1.807) is 24.5 Å². The van der Waals surface area contributed by atoms with Gasteiger partial charge < -0.3 is 14.1 Å². The van der Waals surface area contributed by atoms with Gasteiger partial charge in [0.2, 0.25) is 5.89 Å². The highest BCUT2D eigenvalue weighted by Gasteiger charge is 2.12. The summed E-state index contributed by atoms with van der Waals surface area (Å²) in [5.74, 6) is -0.589. The number of carbonyl (C=O) groups excluding carboxylic acids is 2. The van der Waals surface area contributed by atoms with Gasteiger partial charge in [0, 0.05) is 25.7 Å². The van der Waals surface area contributed by atoms with E-state index in [9.17, 15) is 9.59 Å². The number of amides is 1. The number of nitrogens with zero attached hydrogens (tertiary/aromatic N) is 2. The fourth-order valence-electron chi connectivity index (χ4n) is 2.14. The van der Waals surface area contributed by atoms with Gasteiger partial charge in [-0.15, -0.1) is 0 Å². The Morgan fingerprint density at radius 1 is 1.32 bits per heavy atom. The van der Waals surface area contributed by atoms with Crippen LogP contribution in [0.5, 0.6) is 0 Å². The van der Waals surface area contributed by atoms with Crippen molar-refractivity contribution in [2.45, 2.75) is 6.54 Å². The van der Waals surface area contributed by atoms with Gasteiger partial charge in [-0.2, -0.15) is 11.3 Å². The first-order valence-electron chi connectivity index (χ1n) is 7.57. The topological polar surface area (TPSA) is 72.6 Å². The summed E-state index contributed by atoms with van der Waals surface area (Å²) in [6.45, 7) is 0.177. The summed E-state index contributed by atoms with van der Waals surface area (Å²) in [7, 11) is 1.67. The zero-order valence-corrected chi connectivity index (χ0v) is 14.4. The van der Waals surface area contributed by atoms with Gasteiger partial charge in [0.15, 0.2) is 12.2 Å². The van der Waals surface area contributed by atoms with Crippen molar-refractivity contribution in [3.05, 3.63) is 58.6 Å². The van der Waals surface area contributed by atoms with Gasteiger partial charge in [0.25, 0.3) is 5.91 Å². The Kier molecular flexibility index (Phi) is 5.25. The third kappa shape index (κ3) is 4.54. The Hall–Kier alpha value is -2.93. The number of carbonyl (C=O) groups is 2. The Labute approximate surface area is 148 Å². The summed E-state index contributed by atoms with van der Waals surface area (Å²) in [5.41, 5.74) is 2.39. The number of hydrogen-bond donors (Lipinski definition) is 0. The molecule has 1 amide bonds. The van der Waals surface area contributed by atoms with Crippen LogP contribution < -0.4 is 0 Å². The highest BCUT2D eigenvalue weighted by molar-refractivity contribution is 7.07. The van der Waals surface area contributed by atoms with Crippen molar-refractivity contribution in [2.24, 2.45) is 0 Å². The summed E-state index contributed by atoms with van der Waals surface area (Å²) in [6.07, 6.45) is 2.61. The lowest BCUT2D eigenvalue weighted by Crippen LogP contribution is -2.30. The first kappa shape index (κ1) is 16.9. The van der Waals surface area contributed by atoms with Crippen LogP contribution in [-0.4, -0.2) is 35.4 Å². The van der Waals surface area contributed by atoms with Crippen molar-refractivity contribution in [1.82, 2.24) is 9.88 Å². The van der Waals surface area contributed by atoms with E-state index in [2.05, 4.69) is 4.98 Å². The minimum atomic E-state index is -0.625. The van der Waals surface area contributed by atoms with Crippen LogP contribution in [0.15, 0.2) is 51.6 Å². The molecule has 7 heteroatoms. The maximum Gasteiger partial charge on any atom is 0.331 e. The zero-order valence-electron chi connectivity index (χ0n) is 13.5. The summed E-state index contributed by atoms with van der Waals surface area (Å²) >= 11 is 1.57. The molecular weight excluding hydrogens is 340 g/mol. The predicted molar refractivity (Wildman–Crippen MR) is 94.8 cm³/mol. The van der Waals surface area contributed by atoms with Crippen LogP contribution in [0.4, 0.5) is 0 Å². The highest BCUT2D eigenvalue weighted by atomic mass is 32.1. The molecule has 0 N–H and O–H groups in total. The molecule has 1 aromatic carbocycles. The van der Waals surface area contributed by atoms with E-state index in [0.717, 1.165) is 5.56 Å². The van der Waals surface area contributed by atoms with Crippen molar-refractivity contribution in [1.29, 1.82) is 0 Å². The first-order chi connectivity index (χ1) is 12.1. The third-order valence-corrected chi connectivity index (χ3v) is 4.17. The Balaban J connectivity index is 1.49. The molecule has 0 unspecified atom stereocenters. The van der Waals surface area contributed by atoms with Crippen molar-refractivity contribution in [2.75, 3.05) is 13.7 Å². The number of likely N-dealkylation sites (N-methyl/N-ethyl adjacent to an activating group) is 1. The Morgan fingerprint density at radius 3 is 2.92 bits per heavy atom. The zero-order chi connectivity index (χ0) is 17.6. The van der Waals surface area contributed by atoms with Crippen LogP contribution in [0.3, 0.4) is 0 Å². The second-order valence-corrected chi connectivity index (χ2v) is 6.12. The fourth-order valence-corrected chi connectivity index (χ4v) is 2.80. The van der Waals surface area contributed by atoms with Gasteiger partial charge in [-0.1, -0.05) is 12.1 Å². The maximum absolute atomic E-state index is 12.0. The molecule has 3 aromatic rings. The highest BCUT2D eigenvalue weighted by Crippen LogP contribution is 2.15. The smallest absolute Gasteiger partial charge is 0.331 e. The second-order valence-electron chi connectivity index (χ2n) is 5.34. The van der Waals surface area contributed by atoms with E-state index in [1.165, 1.54) is 17.1 Å². The van der Waals surface area contributed by atoms with Gasteiger partial charge in [-0.3, -0.25) is 4.79 Å². The molecule has 0 fully saturated rings. The van der Waals surface area contributed by atoms with Gasteiger partial charge in [0.05, 0.1) is 0 Å². The summed E-state index contributed by atoms with van der Waals surface area (Å²) < 4.78 is 10.4. The summed E-state index contributed by atoms with van der Waals surface area (Å²) in [6, 6.07) is 9.25. The number of aromatic nitrogens is 1. The quantitative estimate of drug-likeness (QED) is 0.501. The molecule has 128 valence electrons. The predicted octanol–water partition coefficient (Wildman–Crippen LogP) is 3.10. The molecule has 6 nitrogen and oxygen atoms in total. The van der Waals surface area contributed by atoms with Crippen LogP contribution in [0.2, 0.25) is 0 Å². The van der Waals surface area contributed by atoms with E-state index in [1.807, 2.05) is 35.0 Å². The number of fused-ring (bicyclic) bond motifs is 1. The first-order valence-corrected chi connectivity index (χ1v) is 8.51. The van der Waals surface area contributed by atoms with Gasteiger partial charge in [-0.05, 0) is 34.5 Å². The normalized spacial score (nSPS) is 11.1. The number of thiophene rings is 1. The van der Waals surface area contributed by atoms with Gasteiger partial charge in [0.1, 0.15) is 5.52 Å².